The fraction of sp³-hybridized carbons (Fsp3) is 0.686. The molecule has 0 amide bonds. The largest absolute Gasteiger partial charge is 0.410 e. The maximum absolute atomic E-state index is 7.37. The van der Waals surface area contributed by atoms with Gasteiger partial charge in [-0.2, -0.15) is 0 Å². The number of ether oxygens (including phenoxy) is 1. The summed E-state index contributed by atoms with van der Waals surface area (Å²) in [5, 5.41) is 0.163. The second-order valence-electron chi connectivity index (χ2n) is 15.9. The van der Waals surface area contributed by atoms with Crippen LogP contribution in [0.5, 0.6) is 0 Å². The fourth-order valence-electron chi connectivity index (χ4n) is 7.38. The van der Waals surface area contributed by atoms with E-state index in [0.717, 1.165) is 31.6 Å². The molecule has 4 aliphatic rings. The molecule has 2 fully saturated rings. The average molecular weight is 546 g/mol. The van der Waals surface area contributed by atoms with E-state index in [4.69, 9.17) is 14.1 Å². The normalized spacial score (nSPS) is 25.8. The van der Waals surface area contributed by atoms with Crippen LogP contribution in [0, 0.1) is 5.41 Å². The topological polar surface area (TPSA) is 31.4 Å². The maximum atomic E-state index is 7.37. The fourth-order valence-corrected chi connectivity index (χ4v) is 8.64. The van der Waals surface area contributed by atoms with Crippen LogP contribution in [0.1, 0.15) is 157 Å². The van der Waals surface area contributed by atoms with Gasteiger partial charge in [0, 0.05) is 22.5 Å². The second kappa shape index (κ2) is 9.26. The monoisotopic (exact) mass is 545 g/mol. The highest BCUT2D eigenvalue weighted by Gasteiger charge is 2.54. The zero-order chi connectivity index (χ0) is 28.0. The highest BCUT2D eigenvalue weighted by atomic mass is 28.4. The van der Waals surface area contributed by atoms with Gasteiger partial charge in [0.1, 0.15) is 6.10 Å². The lowest BCUT2D eigenvalue weighted by Gasteiger charge is -2.45. The molecule has 1 aromatic heterocycles. The smallest absolute Gasteiger partial charge is 0.192 e. The summed E-state index contributed by atoms with van der Waals surface area (Å²) < 4.78 is 14.7. The third-order valence-corrected chi connectivity index (χ3v) is 15.1. The molecule has 39 heavy (non-hydrogen) atoms. The molecule has 6 rings (SSSR count). The Morgan fingerprint density at radius 3 is 2.15 bits per heavy atom. The van der Waals surface area contributed by atoms with E-state index in [9.17, 15) is 0 Å². The maximum Gasteiger partial charge on any atom is 0.192 e. The third-order valence-electron chi connectivity index (χ3n) is 10.6. The van der Waals surface area contributed by atoms with Crippen LogP contribution < -0.4 is 0 Å². The Morgan fingerprint density at radius 2 is 1.59 bits per heavy atom. The summed E-state index contributed by atoms with van der Waals surface area (Å²) >= 11 is 0. The SMILES string of the molecule is CC(C)c1nc2c(c3c1[C@@H](c1ccc(C4CC4)cc1)OC31CCCC1)[C@@H](O[Si](C)(C)C(C)(C)C)CC(C)(C)C2. The minimum atomic E-state index is -2.00. The third kappa shape index (κ3) is 4.77. The molecule has 0 unspecified atom stereocenters. The molecule has 3 nitrogen and oxygen atoms in total. The number of hydrogen-bond acceptors (Lipinski definition) is 3. The van der Waals surface area contributed by atoms with Crippen LogP contribution in [0.3, 0.4) is 0 Å². The first-order valence-electron chi connectivity index (χ1n) is 15.7. The molecular weight excluding hydrogens is 494 g/mol. The van der Waals surface area contributed by atoms with Gasteiger partial charge in [-0.25, -0.2) is 0 Å². The van der Waals surface area contributed by atoms with Crippen LogP contribution in [0.4, 0.5) is 0 Å². The van der Waals surface area contributed by atoms with Gasteiger partial charge in [-0.05, 0) is 90.6 Å². The molecule has 2 saturated carbocycles. The highest BCUT2D eigenvalue weighted by molar-refractivity contribution is 6.74. The van der Waals surface area contributed by atoms with Crippen molar-refractivity contribution in [1.82, 2.24) is 4.98 Å². The van der Waals surface area contributed by atoms with Gasteiger partial charge in [-0.15, -0.1) is 0 Å². The molecule has 212 valence electrons. The van der Waals surface area contributed by atoms with Gasteiger partial charge < -0.3 is 9.16 Å². The standard InChI is InChI=1S/C35H51NO2Si/c1-22(2)31-29-30(28-26(36-31)20-34(6,7)21-27(28)38-39(8,9)33(3,4)5)35(18-10-11-19-35)37-32(29)25-16-14-24(15-17-25)23-12-13-23/h14-17,22-23,27,32H,10-13,18-21H2,1-9H3/t27-,32+/m0/s1. The number of fused-ring (bicyclic) bond motifs is 4. The Hall–Kier alpha value is -1.49. The average Bonchev–Trinajstić information content (AvgIpc) is 3.50. The van der Waals surface area contributed by atoms with Crippen molar-refractivity contribution >= 4 is 8.32 Å². The van der Waals surface area contributed by atoms with E-state index in [2.05, 4.69) is 85.8 Å². The van der Waals surface area contributed by atoms with Gasteiger partial charge in [-0.1, -0.05) is 85.6 Å². The van der Waals surface area contributed by atoms with Crippen molar-refractivity contribution in [2.24, 2.45) is 5.41 Å². The Kier molecular flexibility index (Phi) is 6.57. The Morgan fingerprint density at radius 1 is 0.974 bits per heavy atom. The summed E-state index contributed by atoms with van der Waals surface area (Å²) in [7, 11) is -2.00. The summed E-state index contributed by atoms with van der Waals surface area (Å²) in [6.07, 6.45) is 9.49. The van der Waals surface area contributed by atoms with Gasteiger partial charge in [-0.3, -0.25) is 4.98 Å². The second-order valence-corrected chi connectivity index (χ2v) is 20.6. The lowest BCUT2D eigenvalue weighted by Crippen LogP contribution is -2.44. The van der Waals surface area contributed by atoms with Crippen molar-refractivity contribution in [2.75, 3.05) is 0 Å². The van der Waals surface area contributed by atoms with Crippen molar-refractivity contribution in [3.05, 3.63) is 63.5 Å². The number of aromatic nitrogens is 1. The van der Waals surface area contributed by atoms with Crippen LogP contribution >= 0.6 is 0 Å². The molecule has 1 aromatic carbocycles. The van der Waals surface area contributed by atoms with Gasteiger partial charge in [0.15, 0.2) is 8.32 Å². The van der Waals surface area contributed by atoms with Crippen molar-refractivity contribution in [2.45, 2.75) is 148 Å². The summed E-state index contributed by atoms with van der Waals surface area (Å²) in [5.74, 6) is 1.12. The van der Waals surface area contributed by atoms with E-state index in [0.29, 0.717) is 5.92 Å². The minimum absolute atomic E-state index is 0.0370. The summed E-state index contributed by atoms with van der Waals surface area (Å²) in [6, 6.07) is 9.43. The molecular formula is C35H51NO2Si. The van der Waals surface area contributed by atoms with E-state index in [1.165, 1.54) is 64.9 Å². The first kappa shape index (κ1) is 27.7. The molecule has 2 aromatic rings. The molecule has 1 spiro atoms. The zero-order valence-electron chi connectivity index (χ0n) is 26.0. The van der Waals surface area contributed by atoms with E-state index < -0.39 is 8.32 Å². The first-order chi connectivity index (χ1) is 18.2. The van der Waals surface area contributed by atoms with Crippen molar-refractivity contribution in [3.63, 3.8) is 0 Å². The van der Waals surface area contributed by atoms with E-state index in [1.807, 2.05) is 0 Å². The predicted molar refractivity (Wildman–Crippen MR) is 163 cm³/mol. The molecule has 0 radical (unpaired) electrons. The number of rotatable bonds is 5. The van der Waals surface area contributed by atoms with Crippen LogP contribution in [-0.4, -0.2) is 13.3 Å². The van der Waals surface area contributed by atoms with E-state index >= 15 is 0 Å². The Balaban J connectivity index is 1.56. The van der Waals surface area contributed by atoms with Crippen molar-refractivity contribution in [3.8, 4) is 0 Å². The first-order valence-corrected chi connectivity index (χ1v) is 18.6. The molecule has 1 aliphatic heterocycles. The van der Waals surface area contributed by atoms with E-state index in [-0.39, 0.29) is 28.3 Å². The molecule has 3 aliphatic carbocycles. The van der Waals surface area contributed by atoms with Crippen LogP contribution in [0.25, 0.3) is 0 Å². The summed E-state index contributed by atoms with van der Waals surface area (Å²) in [6.45, 7) is 21.4. The molecule has 4 heteroatoms. The summed E-state index contributed by atoms with van der Waals surface area (Å²) in [4.78, 5) is 5.56. The van der Waals surface area contributed by atoms with Gasteiger partial charge in [0.25, 0.3) is 0 Å². The highest BCUT2D eigenvalue weighted by Crippen LogP contribution is 2.60. The number of pyridine rings is 1. The summed E-state index contributed by atoms with van der Waals surface area (Å²) in [5.41, 5.74) is 9.58. The number of benzene rings is 1. The van der Waals surface area contributed by atoms with Gasteiger partial charge in [0.2, 0.25) is 0 Å². The van der Waals surface area contributed by atoms with Gasteiger partial charge >= 0.3 is 0 Å². The molecule has 2 atom stereocenters. The molecule has 0 saturated heterocycles. The number of nitrogens with zero attached hydrogens (tertiary/aromatic N) is 1. The van der Waals surface area contributed by atoms with Crippen LogP contribution in [0.15, 0.2) is 24.3 Å². The van der Waals surface area contributed by atoms with Crippen molar-refractivity contribution < 1.29 is 9.16 Å². The Labute approximate surface area is 238 Å². The predicted octanol–water partition coefficient (Wildman–Crippen LogP) is 10.0. The van der Waals surface area contributed by atoms with E-state index in [1.54, 1.807) is 0 Å². The van der Waals surface area contributed by atoms with Crippen LogP contribution in [-0.2, 0) is 21.2 Å². The van der Waals surface area contributed by atoms with Crippen LogP contribution in [0.2, 0.25) is 18.1 Å². The quantitative estimate of drug-likeness (QED) is 0.350. The Bertz CT molecular complexity index is 1240. The molecule has 0 N–H and O–H groups in total. The number of hydrogen-bond donors (Lipinski definition) is 0. The van der Waals surface area contributed by atoms with Gasteiger partial charge in [0.05, 0.1) is 11.7 Å². The lowest BCUT2D eigenvalue weighted by atomic mass is 9.70. The van der Waals surface area contributed by atoms with Crippen molar-refractivity contribution in [1.29, 1.82) is 0 Å². The molecule has 0 bridgehead atoms. The minimum Gasteiger partial charge on any atom is -0.410 e. The molecule has 2 heterocycles. The zero-order valence-corrected chi connectivity index (χ0v) is 27.0. The lowest BCUT2D eigenvalue weighted by molar-refractivity contribution is -0.0579.